The summed E-state index contributed by atoms with van der Waals surface area (Å²) in [4.78, 5) is 5.81. The van der Waals surface area contributed by atoms with Crippen molar-refractivity contribution in [1.29, 1.82) is 0 Å². The summed E-state index contributed by atoms with van der Waals surface area (Å²) in [6.07, 6.45) is 1.56. The van der Waals surface area contributed by atoms with E-state index in [1.54, 1.807) is 30.3 Å². The number of rotatable bonds is 2. The van der Waals surface area contributed by atoms with Crippen molar-refractivity contribution in [3.05, 3.63) is 46.9 Å². The molecule has 0 bridgehead atoms. The molecule has 0 aliphatic heterocycles. The number of halogens is 2. The number of hydrogen-bond acceptors (Lipinski definition) is 3. The molecule has 0 aliphatic rings. The van der Waals surface area contributed by atoms with Crippen LogP contribution in [0, 0.1) is 12.7 Å². The van der Waals surface area contributed by atoms with Crippen molar-refractivity contribution in [1.82, 2.24) is 4.98 Å². The number of hydrogen-bond donors (Lipinski definition) is 1. The lowest BCUT2D eigenvalue weighted by atomic mass is 10.2. The lowest BCUT2D eigenvalue weighted by Crippen LogP contribution is -2.13. The lowest BCUT2D eigenvalue weighted by Gasteiger charge is -2.20. The molecule has 0 radical (unpaired) electrons. The Balaban J connectivity index is 2.44. The van der Waals surface area contributed by atoms with Gasteiger partial charge in [-0.15, -0.1) is 0 Å². The number of aryl methyl sites for hydroxylation is 1. The van der Waals surface area contributed by atoms with E-state index >= 15 is 0 Å². The maximum Gasteiger partial charge on any atom is 0.146 e. The highest BCUT2D eigenvalue weighted by atomic mass is 35.5. The zero-order chi connectivity index (χ0) is 13.3. The van der Waals surface area contributed by atoms with Crippen LogP contribution in [0.2, 0.25) is 5.02 Å². The molecule has 1 heterocycles. The van der Waals surface area contributed by atoms with Crippen molar-refractivity contribution in [2.24, 2.45) is 0 Å². The number of aromatic nitrogens is 1. The smallest absolute Gasteiger partial charge is 0.146 e. The molecule has 0 atom stereocenters. The molecule has 2 aromatic rings. The first-order valence-corrected chi connectivity index (χ1v) is 5.77. The molecule has 0 saturated carbocycles. The van der Waals surface area contributed by atoms with Gasteiger partial charge in [-0.05, 0) is 36.8 Å². The number of pyridine rings is 1. The molecule has 3 nitrogen and oxygen atoms in total. The van der Waals surface area contributed by atoms with Crippen LogP contribution >= 0.6 is 11.6 Å². The van der Waals surface area contributed by atoms with Crippen molar-refractivity contribution in [3.63, 3.8) is 0 Å². The fraction of sp³-hybridized carbons (Fsp3) is 0.154. The summed E-state index contributed by atoms with van der Waals surface area (Å²) in [7, 11) is 1.73. The molecule has 1 aromatic carbocycles. The summed E-state index contributed by atoms with van der Waals surface area (Å²) in [5, 5.41) is 0.477. The van der Waals surface area contributed by atoms with Gasteiger partial charge in [0.2, 0.25) is 0 Å². The molecule has 18 heavy (non-hydrogen) atoms. The SMILES string of the molecule is Cc1cc(N(C)c2cc(Cl)ccc2F)ncc1N. The molecule has 0 aliphatic carbocycles. The molecule has 2 N–H and O–H groups in total. The Morgan fingerprint density at radius 3 is 2.72 bits per heavy atom. The van der Waals surface area contributed by atoms with Crippen LogP contribution < -0.4 is 10.6 Å². The second-order valence-electron chi connectivity index (χ2n) is 4.05. The maximum absolute atomic E-state index is 13.7. The summed E-state index contributed by atoms with van der Waals surface area (Å²) < 4.78 is 13.7. The standard InChI is InChI=1S/C13H13ClFN3/c1-8-5-13(17-7-11(8)16)18(2)12-6-9(14)3-4-10(12)15/h3-7H,16H2,1-2H3. The number of benzene rings is 1. The van der Waals surface area contributed by atoms with Crippen LogP contribution in [0.4, 0.5) is 21.6 Å². The quantitative estimate of drug-likeness (QED) is 0.903. The largest absolute Gasteiger partial charge is 0.397 e. The summed E-state index contributed by atoms with van der Waals surface area (Å²) in [6.45, 7) is 1.88. The molecule has 0 amide bonds. The highest BCUT2D eigenvalue weighted by Gasteiger charge is 2.11. The fourth-order valence-corrected chi connectivity index (χ4v) is 1.77. The summed E-state index contributed by atoms with van der Waals surface area (Å²) >= 11 is 5.87. The average Bonchev–Trinajstić information content (AvgIpc) is 2.35. The lowest BCUT2D eigenvalue weighted by molar-refractivity contribution is 0.627. The average molecular weight is 266 g/mol. The highest BCUT2D eigenvalue weighted by Crippen LogP contribution is 2.28. The first-order chi connectivity index (χ1) is 8.49. The Hall–Kier alpha value is -1.81. The first kappa shape index (κ1) is 12.6. The van der Waals surface area contributed by atoms with Crippen LogP contribution in [0.1, 0.15) is 5.56 Å². The van der Waals surface area contributed by atoms with Crippen LogP contribution in [-0.2, 0) is 0 Å². The van der Waals surface area contributed by atoms with E-state index < -0.39 is 0 Å². The summed E-state index contributed by atoms with van der Waals surface area (Å²) in [6, 6.07) is 6.20. The number of nitrogens with two attached hydrogens (primary N) is 1. The summed E-state index contributed by atoms with van der Waals surface area (Å²) in [5.74, 6) is 0.265. The van der Waals surface area contributed by atoms with E-state index in [1.165, 1.54) is 12.1 Å². The Morgan fingerprint density at radius 1 is 1.33 bits per heavy atom. The highest BCUT2D eigenvalue weighted by molar-refractivity contribution is 6.30. The predicted octanol–water partition coefficient (Wildman–Crippen LogP) is 3.53. The van der Waals surface area contributed by atoms with Gasteiger partial charge in [0.15, 0.2) is 0 Å². The first-order valence-electron chi connectivity index (χ1n) is 5.40. The molecule has 2 rings (SSSR count). The van der Waals surface area contributed by atoms with Crippen molar-refractivity contribution in [2.45, 2.75) is 6.92 Å². The minimum absolute atomic E-state index is 0.349. The normalized spacial score (nSPS) is 10.4. The molecule has 0 unspecified atom stereocenters. The van der Waals surface area contributed by atoms with Crippen LogP contribution in [0.25, 0.3) is 0 Å². The third kappa shape index (κ3) is 2.38. The van der Waals surface area contributed by atoms with E-state index in [4.69, 9.17) is 17.3 Å². The topological polar surface area (TPSA) is 42.2 Å². The molecule has 5 heteroatoms. The molecule has 1 aromatic heterocycles. The molecular weight excluding hydrogens is 253 g/mol. The fourth-order valence-electron chi connectivity index (χ4n) is 1.60. The van der Waals surface area contributed by atoms with Gasteiger partial charge in [0.25, 0.3) is 0 Å². The van der Waals surface area contributed by atoms with Gasteiger partial charge in [-0.1, -0.05) is 11.6 Å². The Morgan fingerprint density at radius 2 is 2.06 bits per heavy atom. The van der Waals surface area contributed by atoms with Gasteiger partial charge in [0.05, 0.1) is 17.6 Å². The van der Waals surface area contributed by atoms with E-state index in [2.05, 4.69) is 4.98 Å². The Labute approximate surface area is 110 Å². The van der Waals surface area contributed by atoms with Crippen molar-refractivity contribution < 1.29 is 4.39 Å². The van der Waals surface area contributed by atoms with Gasteiger partial charge in [-0.25, -0.2) is 9.37 Å². The molecular formula is C13H13ClFN3. The van der Waals surface area contributed by atoms with Crippen molar-refractivity contribution >= 4 is 28.8 Å². The maximum atomic E-state index is 13.7. The zero-order valence-electron chi connectivity index (χ0n) is 10.1. The van der Waals surface area contributed by atoms with Crippen LogP contribution in [0.5, 0.6) is 0 Å². The second kappa shape index (κ2) is 4.82. The number of anilines is 3. The van der Waals surface area contributed by atoms with Crippen LogP contribution in [0.3, 0.4) is 0 Å². The molecule has 0 spiro atoms. The van der Waals surface area contributed by atoms with E-state index in [-0.39, 0.29) is 5.82 Å². The predicted molar refractivity (Wildman–Crippen MR) is 72.9 cm³/mol. The van der Waals surface area contributed by atoms with Crippen molar-refractivity contribution in [2.75, 3.05) is 17.7 Å². The Kier molecular flexibility index (Phi) is 3.39. The van der Waals surface area contributed by atoms with Crippen molar-refractivity contribution in [3.8, 4) is 0 Å². The number of nitrogen functional groups attached to an aromatic ring is 1. The van der Waals surface area contributed by atoms with Gasteiger partial charge in [0, 0.05) is 12.1 Å². The van der Waals surface area contributed by atoms with Gasteiger partial charge in [0.1, 0.15) is 11.6 Å². The minimum Gasteiger partial charge on any atom is -0.397 e. The Bertz CT molecular complexity index is 586. The minimum atomic E-state index is -0.349. The van der Waals surface area contributed by atoms with Crippen LogP contribution in [-0.4, -0.2) is 12.0 Å². The third-order valence-corrected chi connectivity index (χ3v) is 2.99. The second-order valence-corrected chi connectivity index (χ2v) is 4.49. The third-order valence-electron chi connectivity index (χ3n) is 2.75. The molecule has 0 fully saturated rings. The number of nitrogens with zero attached hydrogens (tertiary/aromatic N) is 2. The van der Waals surface area contributed by atoms with E-state index in [0.29, 0.717) is 22.2 Å². The van der Waals surface area contributed by atoms with Gasteiger partial charge in [-0.2, -0.15) is 0 Å². The van der Waals surface area contributed by atoms with E-state index in [0.717, 1.165) is 5.56 Å². The van der Waals surface area contributed by atoms with Gasteiger partial charge in [-0.3, -0.25) is 0 Å². The molecule has 0 saturated heterocycles. The monoisotopic (exact) mass is 265 g/mol. The zero-order valence-corrected chi connectivity index (χ0v) is 10.9. The van der Waals surface area contributed by atoms with Gasteiger partial charge < -0.3 is 10.6 Å². The van der Waals surface area contributed by atoms with E-state index in [1.807, 2.05) is 6.92 Å². The van der Waals surface area contributed by atoms with Crippen LogP contribution in [0.15, 0.2) is 30.5 Å². The van der Waals surface area contributed by atoms with Gasteiger partial charge >= 0.3 is 0 Å². The molecule has 94 valence electrons. The van der Waals surface area contributed by atoms with E-state index in [9.17, 15) is 4.39 Å². The summed E-state index contributed by atoms with van der Waals surface area (Å²) in [5.41, 5.74) is 7.59.